The Morgan fingerprint density at radius 2 is 1.96 bits per heavy atom. The third kappa shape index (κ3) is 5.71. The molecule has 1 fully saturated rings. The first-order valence-electron chi connectivity index (χ1n) is 9.24. The Bertz CT molecular complexity index is 604. The van der Waals surface area contributed by atoms with Crippen molar-refractivity contribution in [2.24, 2.45) is 11.8 Å². The first-order valence-corrected chi connectivity index (χ1v) is 9.24. The first-order chi connectivity index (χ1) is 11.9. The van der Waals surface area contributed by atoms with Crippen LogP contribution >= 0.6 is 12.4 Å². The van der Waals surface area contributed by atoms with Gasteiger partial charge >= 0.3 is 0 Å². The SMILES string of the molecule is CNCC1CCCN(C(=O)C(NC(=O)c2ccccc2C)C(C)C)C1.Cl. The van der Waals surface area contributed by atoms with Crippen LogP contribution in [0.2, 0.25) is 0 Å². The lowest BCUT2D eigenvalue weighted by Gasteiger charge is -2.36. The third-order valence-electron chi connectivity index (χ3n) is 4.93. The molecule has 6 heteroatoms. The van der Waals surface area contributed by atoms with E-state index in [-0.39, 0.29) is 30.1 Å². The van der Waals surface area contributed by atoms with Crippen LogP contribution in [-0.4, -0.2) is 49.4 Å². The summed E-state index contributed by atoms with van der Waals surface area (Å²) in [4.78, 5) is 27.6. The van der Waals surface area contributed by atoms with Crippen LogP contribution in [0.3, 0.4) is 0 Å². The highest BCUT2D eigenvalue weighted by Crippen LogP contribution is 2.18. The second-order valence-corrected chi connectivity index (χ2v) is 7.36. The lowest BCUT2D eigenvalue weighted by atomic mass is 9.95. The van der Waals surface area contributed by atoms with E-state index in [2.05, 4.69) is 10.6 Å². The summed E-state index contributed by atoms with van der Waals surface area (Å²) >= 11 is 0. The minimum atomic E-state index is -0.486. The molecule has 26 heavy (non-hydrogen) atoms. The van der Waals surface area contributed by atoms with Crippen molar-refractivity contribution in [3.05, 3.63) is 35.4 Å². The highest BCUT2D eigenvalue weighted by Gasteiger charge is 2.31. The van der Waals surface area contributed by atoms with Crippen molar-refractivity contribution in [2.45, 2.75) is 39.7 Å². The average Bonchev–Trinajstić information content (AvgIpc) is 2.59. The van der Waals surface area contributed by atoms with Crippen LogP contribution in [0, 0.1) is 18.8 Å². The van der Waals surface area contributed by atoms with Gasteiger partial charge in [-0.15, -0.1) is 12.4 Å². The van der Waals surface area contributed by atoms with Gasteiger partial charge in [-0.25, -0.2) is 0 Å². The molecule has 0 saturated carbocycles. The van der Waals surface area contributed by atoms with Crippen molar-refractivity contribution < 1.29 is 9.59 Å². The molecule has 5 nitrogen and oxygen atoms in total. The molecular weight excluding hydrogens is 350 g/mol. The fourth-order valence-corrected chi connectivity index (χ4v) is 3.48. The molecule has 2 atom stereocenters. The topological polar surface area (TPSA) is 61.4 Å². The molecule has 1 saturated heterocycles. The van der Waals surface area contributed by atoms with E-state index < -0.39 is 6.04 Å². The van der Waals surface area contributed by atoms with Crippen LogP contribution in [0.15, 0.2) is 24.3 Å². The van der Waals surface area contributed by atoms with E-state index in [0.29, 0.717) is 11.5 Å². The van der Waals surface area contributed by atoms with Gasteiger partial charge in [-0.1, -0.05) is 32.0 Å². The molecule has 2 unspecified atom stereocenters. The van der Waals surface area contributed by atoms with Crippen LogP contribution in [0.5, 0.6) is 0 Å². The fraction of sp³-hybridized carbons (Fsp3) is 0.600. The van der Waals surface area contributed by atoms with Gasteiger partial charge in [0.05, 0.1) is 0 Å². The fourth-order valence-electron chi connectivity index (χ4n) is 3.48. The average molecular weight is 382 g/mol. The standard InChI is InChI=1S/C20H31N3O2.ClH/c1-14(2)18(22-19(24)17-10-6-5-8-15(17)3)20(25)23-11-7-9-16(13-23)12-21-4;/h5-6,8,10,14,16,18,21H,7,9,11-13H2,1-4H3,(H,22,24);1H. The Morgan fingerprint density at radius 1 is 1.27 bits per heavy atom. The van der Waals surface area contributed by atoms with Crippen LogP contribution in [-0.2, 0) is 4.79 Å². The van der Waals surface area contributed by atoms with Gasteiger partial charge in [-0.05, 0) is 56.8 Å². The largest absolute Gasteiger partial charge is 0.341 e. The first kappa shape index (κ1) is 22.5. The maximum absolute atomic E-state index is 13.0. The molecule has 0 bridgehead atoms. The third-order valence-corrected chi connectivity index (χ3v) is 4.93. The van der Waals surface area contributed by atoms with Crippen molar-refractivity contribution in [3.63, 3.8) is 0 Å². The number of amides is 2. The number of nitrogens with zero attached hydrogens (tertiary/aromatic N) is 1. The minimum absolute atomic E-state index is 0. The summed E-state index contributed by atoms with van der Waals surface area (Å²) in [5.41, 5.74) is 1.55. The van der Waals surface area contributed by atoms with Gasteiger partial charge in [0, 0.05) is 18.7 Å². The van der Waals surface area contributed by atoms with Crippen LogP contribution in [0.4, 0.5) is 0 Å². The smallest absolute Gasteiger partial charge is 0.252 e. The predicted octanol–water partition coefficient (Wildman–Crippen LogP) is 2.63. The molecule has 0 aliphatic carbocycles. The van der Waals surface area contributed by atoms with Gasteiger partial charge in [-0.2, -0.15) is 0 Å². The number of carbonyl (C=O) groups excluding carboxylic acids is 2. The van der Waals surface area contributed by atoms with E-state index in [1.54, 1.807) is 6.07 Å². The van der Waals surface area contributed by atoms with E-state index >= 15 is 0 Å². The van der Waals surface area contributed by atoms with Crippen molar-refractivity contribution in [1.29, 1.82) is 0 Å². The van der Waals surface area contributed by atoms with Gasteiger partial charge in [-0.3, -0.25) is 9.59 Å². The molecule has 2 amide bonds. The summed E-state index contributed by atoms with van der Waals surface area (Å²) in [5, 5.41) is 6.17. The van der Waals surface area contributed by atoms with Gasteiger partial charge in [0.25, 0.3) is 5.91 Å². The number of rotatable bonds is 6. The molecule has 0 radical (unpaired) electrons. The van der Waals surface area contributed by atoms with Crippen molar-refractivity contribution in [1.82, 2.24) is 15.5 Å². The number of nitrogens with one attached hydrogen (secondary N) is 2. The number of hydrogen-bond donors (Lipinski definition) is 2. The van der Waals surface area contributed by atoms with Crippen LogP contribution in [0.1, 0.15) is 42.6 Å². The lowest BCUT2D eigenvalue weighted by Crippen LogP contribution is -2.54. The number of benzene rings is 1. The number of carbonyl (C=O) groups is 2. The molecule has 0 spiro atoms. The van der Waals surface area contributed by atoms with Crippen molar-refractivity contribution in [2.75, 3.05) is 26.7 Å². The van der Waals surface area contributed by atoms with E-state index in [9.17, 15) is 9.59 Å². The summed E-state index contributed by atoms with van der Waals surface area (Å²) < 4.78 is 0. The number of hydrogen-bond acceptors (Lipinski definition) is 3. The summed E-state index contributed by atoms with van der Waals surface area (Å²) in [7, 11) is 1.94. The van der Waals surface area contributed by atoms with E-state index in [1.807, 2.05) is 50.9 Å². The van der Waals surface area contributed by atoms with E-state index in [1.165, 1.54) is 0 Å². The Morgan fingerprint density at radius 3 is 2.58 bits per heavy atom. The van der Waals surface area contributed by atoms with Gasteiger partial charge in [0.2, 0.25) is 5.91 Å². The molecule has 1 aliphatic heterocycles. The molecule has 146 valence electrons. The van der Waals surface area contributed by atoms with Crippen LogP contribution in [0.25, 0.3) is 0 Å². The molecule has 1 aliphatic rings. The quantitative estimate of drug-likeness (QED) is 0.796. The zero-order valence-electron chi connectivity index (χ0n) is 16.2. The van der Waals surface area contributed by atoms with Gasteiger partial charge < -0.3 is 15.5 Å². The van der Waals surface area contributed by atoms with Crippen LogP contribution < -0.4 is 10.6 Å². The molecule has 2 N–H and O–H groups in total. The van der Waals surface area contributed by atoms with Gasteiger partial charge in [0.15, 0.2) is 0 Å². The normalized spacial score (nSPS) is 18.2. The minimum Gasteiger partial charge on any atom is -0.341 e. The summed E-state index contributed by atoms with van der Waals surface area (Å²) in [6.07, 6.45) is 2.17. The summed E-state index contributed by atoms with van der Waals surface area (Å²) in [5.74, 6) is 0.402. The number of aryl methyl sites for hydroxylation is 1. The molecule has 1 aromatic rings. The van der Waals surface area contributed by atoms with E-state index in [4.69, 9.17) is 0 Å². The highest BCUT2D eigenvalue weighted by molar-refractivity contribution is 5.98. The zero-order valence-corrected chi connectivity index (χ0v) is 17.1. The predicted molar refractivity (Wildman–Crippen MR) is 108 cm³/mol. The maximum Gasteiger partial charge on any atom is 0.252 e. The summed E-state index contributed by atoms with van der Waals surface area (Å²) in [6.45, 7) is 8.34. The Hall–Kier alpha value is -1.59. The molecule has 1 heterocycles. The Balaban J connectivity index is 0.00000338. The Kier molecular flexibility index (Phi) is 9.09. The molecule has 2 rings (SSSR count). The van der Waals surface area contributed by atoms with Gasteiger partial charge in [0.1, 0.15) is 6.04 Å². The monoisotopic (exact) mass is 381 g/mol. The molecule has 0 aromatic heterocycles. The highest BCUT2D eigenvalue weighted by atomic mass is 35.5. The molecular formula is C20H32ClN3O2. The maximum atomic E-state index is 13.0. The van der Waals surface area contributed by atoms with E-state index in [0.717, 1.165) is 38.0 Å². The van der Waals surface area contributed by atoms with Crippen molar-refractivity contribution >= 4 is 24.2 Å². The zero-order chi connectivity index (χ0) is 18.4. The second kappa shape index (κ2) is 10.5. The lowest BCUT2D eigenvalue weighted by molar-refractivity contribution is -0.136. The van der Waals surface area contributed by atoms with Crippen molar-refractivity contribution in [3.8, 4) is 0 Å². The number of halogens is 1. The number of piperidine rings is 1. The second-order valence-electron chi connectivity index (χ2n) is 7.36. The molecule has 1 aromatic carbocycles. The number of likely N-dealkylation sites (tertiary alicyclic amines) is 1. The summed E-state index contributed by atoms with van der Waals surface area (Å²) in [6, 6.07) is 6.98. The Labute approximate surface area is 163 Å².